The van der Waals surface area contributed by atoms with Crippen LogP contribution in [0.25, 0.3) is 0 Å². The monoisotopic (exact) mass is 888 g/mol. The molecule has 0 aromatic heterocycles. The molecule has 4 nitrogen and oxygen atoms in total. The first-order chi connectivity index (χ1) is 20.5. The molecule has 0 atom stereocenters. The molecule has 2 rings (SSSR count). The van der Waals surface area contributed by atoms with Crippen molar-refractivity contribution in [2.75, 3.05) is 11.5 Å². The van der Waals surface area contributed by atoms with Gasteiger partial charge in [0.15, 0.2) is 0 Å². The van der Waals surface area contributed by atoms with Crippen LogP contribution in [0.1, 0.15) is 16.7 Å². The third-order valence-electron chi connectivity index (χ3n) is 4.68. The fourth-order valence-corrected chi connectivity index (χ4v) is 2.88. The summed E-state index contributed by atoms with van der Waals surface area (Å²) in [4.78, 5) is 0. The van der Waals surface area contributed by atoms with Crippen LogP contribution in [-0.4, -0.2) is 38.9 Å². The molecule has 0 radical (unpaired) electrons. The molecule has 2 aromatic carbocycles. The number of hydrogen-bond acceptors (Lipinski definition) is 4. The van der Waals surface area contributed by atoms with Gasteiger partial charge in [-0.15, -0.1) is 0 Å². The Morgan fingerprint density at radius 2 is 0.851 bits per heavy atom. The van der Waals surface area contributed by atoms with Crippen LogP contribution < -0.4 is 11.5 Å². The number of nitrogen functional groups attached to an aromatic ring is 2. The molecular weight excluding hydrogens is 878 g/mol. The van der Waals surface area contributed by atoms with Gasteiger partial charge in [-0.05, 0) is 46.9 Å². The zero-order valence-electron chi connectivity index (χ0n) is 21.1. The van der Waals surface area contributed by atoms with Crippen molar-refractivity contribution >= 4 is 57.2 Å². The minimum absolute atomic E-state index is 0.0789. The summed E-state index contributed by atoms with van der Waals surface area (Å²) in [6, 6.07) is 2.50. The molecule has 27 heteroatoms. The Balaban J connectivity index is 0. The third kappa shape index (κ3) is 11.5. The summed E-state index contributed by atoms with van der Waals surface area (Å²) in [6.07, 6.45) is -34.8. The first-order valence-electron chi connectivity index (χ1n) is 10.3. The molecule has 0 fully saturated rings. The van der Waals surface area contributed by atoms with E-state index in [1.165, 1.54) is 12.1 Å². The minimum atomic E-state index is -6.56. The van der Waals surface area contributed by atoms with Gasteiger partial charge in [-0.2, -0.15) is 79.0 Å². The fourth-order valence-electron chi connectivity index (χ4n) is 2.48. The third-order valence-corrected chi connectivity index (χ3v) is 6.55. The topological polar surface area (TPSA) is 92.5 Å². The van der Waals surface area contributed by atoms with Crippen molar-refractivity contribution in [3.63, 3.8) is 0 Å². The van der Waals surface area contributed by atoms with Crippen molar-refractivity contribution in [3.05, 3.63) is 57.1 Å². The lowest BCUT2D eigenvalue weighted by atomic mass is 9.92. The number of hydrogen-bond donors (Lipinski definition) is 4. The Morgan fingerprint density at radius 1 is 0.511 bits per heavy atom. The van der Waals surface area contributed by atoms with Crippen LogP contribution in [0, 0.1) is 0 Å². The number of rotatable bonds is 1. The van der Waals surface area contributed by atoms with Gasteiger partial charge in [0, 0.05) is 5.56 Å². The van der Waals surface area contributed by atoms with Crippen molar-refractivity contribution in [1.82, 2.24) is 0 Å². The van der Waals surface area contributed by atoms with E-state index in [0.29, 0.717) is 0 Å². The molecular formula is C20H11Cl2F20IN2O2. The zero-order chi connectivity index (χ0) is 38.6. The summed E-state index contributed by atoms with van der Waals surface area (Å²) in [5, 5.41) is 10.6. The molecule has 0 spiro atoms. The van der Waals surface area contributed by atoms with Crippen LogP contribution >= 0.6 is 45.8 Å². The summed E-state index contributed by atoms with van der Waals surface area (Å²) < 4.78 is 237. The van der Waals surface area contributed by atoms with Crippen molar-refractivity contribution in [2.24, 2.45) is 0 Å². The van der Waals surface area contributed by atoms with E-state index in [2.05, 4.69) is 0 Å². The lowest BCUT2D eigenvalue weighted by molar-refractivity contribution is -0.348. The normalized spacial score (nSPS) is 13.4. The highest BCUT2D eigenvalue weighted by molar-refractivity contribution is 14.1. The van der Waals surface area contributed by atoms with Crippen LogP contribution in [0.5, 0.6) is 0 Å². The van der Waals surface area contributed by atoms with Crippen molar-refractivity contribution in [3.8, 4) is 0 Å². The fraction of sp³-hybridized carbons (Fsp3) is 0.400. The van der Waals surface area contributed by atoms with Gasteiger partial charge >= 0.3 is 46.4 Å². The van der Waals surface area contributed by atoms with Gasteiger partial charge in [0.05, 0.1) is 32.5 Å². The molecule has 0 aliphatic heterocycles. The largest absolute Gasteiger partial charge is 0.441 e. The molecule has 0 bridgehead atoms. The Kier molecular flexibility index (Phi) is 15.6. The second-order valence-electron chi connectivity index (χ2n) is 7.84. The maximum Gasteiger partial charge on any atom is 0.441 e. The van der Waals surface area contributed by atoms with Crippen molar-refractivity contribution < 1.29 is 98.3 Å². The maximum absolute atomic E-state index is 13.7. The lowest BCUT2D eigenvalue weighted by Crippen LogP contribution is -2.50. The van der Waals surface area contributed by atoms with Gasteiger partial charge in [0.25, 0.3) is 0 Å². The SMILES string of the molecule is FC(F)(F)C(F)(I)C(F)(F)F.Nc1c(Cl)cc(C(F)(C(F)(F)F)C(F)(F)F)cc1C(F)(F)F.Nc1c(Cl)cccc1C(F)(F)F.OO. The highest BCUT2D eigenvalue weighted by atomic mass is 127. The Labute approximate surface area is 270 Å². The zero-order valence-corrected chi connectivity index (χ0v) is 24.8. The number of para-hydroxylation sites is 1. The summed E-state index contributed by atoms with van der Waals surface area (Å²) in [5.74, 6) is 0. The summed E-state index contributed by atoms with van der Waals surface area (Å²) >= 11 is 10.2. The van der Waals surface area contributed by atoms with Crippen LogP contribution in [0.15, 0.2) is 30.3 Å². The predicted octanol–water partition coefficient (Wildman–Crippen LogP) is 11.4. The Bertz CT molecular complexity index is 1290. The Hall–Kier alpha value is -2.13. The number of benzene rings is 2. The summed E-state index contributed by atoms with van der Waals surface area (Å²) in [6.45, 7) is 0. The van der Waals surface area contributed by atoms with E-state index in [1.54, 1.807) is 0 Å². The van der Waals surface area contributed by atoms with E-state index in [0.717, 1.165) is 6.07 Å². The lowest BCUT2D eigenvalue weighted by Gasteiger charge is -2.31. The smallest absolute Gasteiger partial charge is 0.397 e. The number of anilines is 2. The molecule has 0 aliphatic carbocycles. The van der Waals surface area contributed by atoms with Crippen molar-refractivity contribution in [1.29, 1.82) is 0 Å². The molecule has 47 heavy (non-hydrogen) atoms. The molecule has 2 aromatic rings. The highest BCUT2D eigenvalue weighted by Crippen LogP contribution is 2.55. The van der Waals surface area contributed by atoms with E-state index < -0.39 is 85.6 Å². The molecule has 0 aliphatic rings. The van der Waals surface area contributed by atoms with E-state index in [9.17, 15) is 87.8 Å². The van der Waals surface area contributed by atoms with Crippen LogP contribution in [0.2, 0.25) is 10.0 Å². The van der Waals surface area contributed by atoms with Crippen LogP contribution in [0.3, 0.4) is 0 Å². The van der Waals surface area contributed by atoms with Gasteiger partial charge in [0.2, 0.25) is 0 Å². The van der Waals surface area contributed by atoms with Crippen molar-refractivity contribution in [2.45, 2.75) is 46.4 Å². The van der Waals surface area contributed by atoms with E-state index in [1.807, 2.05) is 0 Å². The quantitative estimate of drug-likeness (QED) is 0.0573. The van der Waals surface area contributed by atoms with E-state index >= 15 is 0 Å². The second-order valence-corrected chi connectivity index (χ2v) is 10.1. The van der Waals surface area contributed by atoms with Gasteiger partial charge < -0.3 is 11.5 Å². The first-order valence-corrected chi connectivity index (χ1v) is 12.1. The molecule has 0 unspecified atom stereocenters. The van der Waals surface area contributed by atoms with Gasteiger partial charge in [-0.3, -0.25) is 10.5 Å². The van der Waals surface area contributed by atoms with Gasteiger partial charge in [-0.1, -0.05) is 29.3 Å². The predicted molar refractivity (Wildman–Crippen MR) is 132 cm³/mol. The standard InChI is InChI=1S/C10H4ClF10N.C7H5ClF3N.C3F7I.H2O2/c11-5-2-3(1-4(6(5)22)8(13,14)15)7(12,9(16,17)18)10(19,20)21;8-5-3-1-2-4(6(5)12)7(9,10)11;4-1(11,2(5,6)7)3(8,9)10;1-2/h1-2H,22H2;1-3H,12H2;;1-2H. The van der Waals surface area contributed by atoms with Gasteiger partial charge in [-0.25, -0.2) is 8.78 Å². The number of nitrogens with two attached hydrogens (primary N) is 2. The molecule has 0 saturated carbocycles. The first kappa shape index (κ1) is 47.0. The summed E-state index contributed by atoms with van der Waals surface area (Å²) in [7, 11) is 0. The second kappa shape index (κ2) is 15.6. The minimum Gasteiger partial charge on any atom is -0.397 e. The molecule has 0 saturated heterocycles. The summed E-state index contributed by atoms with van der Waals surface area (Å²) in [5.41, 5.74) is -3.15. The Morgan fingerprint density at radius 3 is 1.11 bits per heavy atom. The van der Waals surface area contributed by atoms with E-state index in [4.69, 9.17) is 45.2 Å². The molecule has 274 valence electrons. The van der Waals surface area contributed by atoms with Crippen LogP contribution in [0.4, 0.5) is 99.2 Å². The highest BCUT2D eigenvalue weighted by Gasteiger charge is 2.74. The number of alkyl halides is 21. The number of halogens is 23. The van der Waals surface area contributed by atoms with Gasteiger partial charge in [0.1, 0.15) is 0 Å². The molecule has 0 heterocycles. The average Bonchev–Trinajstić information content (AvgIpc) is 2.84. The molecule has 6 N–H and O–H groups in total. The molecule has 0 amide bonds. The average molecular weight is 889 g/mol. The van der Waals surface area contributed by atoms with Crippen LogP contribution in [-0.2, 0) is 18.0 Å². The maximum atomic E-state index is 13.7. The van der Waals surface area contributed by atoms with E-state index in [-0.39, 0.29) is 33.7 Å².